The van der Waals surface area contributed by atoms with Gasteiger partial charge >= 0.3 is 0 Å². The van der Waals surface area contributed by atoms with Crippen molar-refractivity contribution in [2.75, 3.05) is 0 Å². The molecule has 0 bridgehead atoms. The Balaban J connectivity index is 2.20. The Morgan fingerprint density at radius 1 is 1.38 bits per heavy atom. The lowest BCUT2D eigenvalue weighted by Gasteiger charge is -2.07. The number of para-hydroxylation sites is 1. The van der Waals surface area contributed by atoms with Gasteiger partial charge in [-0.1, -0.05) is 18.2 Å². The van der Waals surface area contributed by atoms with Crippen LogP contribution in [0, 0.1) is 16.0 Å². The minimum Gasteiger partial charge on any atom is -0.299 e. The topological polar surface area (TPSA) is 60.2 Å². The zero-order valence-electron chi connectivity index (χ0n) is 8.89. The van der Waals surface area contributed by atoms with Crippen LogP contribution < -0.4 is 0 Å². The normalized spacial score (nSPS) is 20.0. The van der Waals surface area contributed by atoms with Gasteiger partial charge in [0.2, 0.25) is 0 Å². The van der Waals surface area contributed by atoms with Crippen molar-refractivity contribution in [3.8, 4) is 0 Å². The predicted molar refractivity (Wildman–Crippen MR) is 59.1 cm³/mol. The fraction of sp³-hybridized carbons (Fsp3) is 0.417. The molecule has 1 fully saturated rings. The first-order chi connectivity index (χ1) is 7.68. The minimum atomic E-state index is -0.380. The van der Waals surface area contributed by atoms with Gasteiger partial charge in [-0.15, -0.1) is 0 Å². The van der Waals surface area contributed by atoms with Gasteiger partial charge in [0, 0.05) is 24.0 Å². The van der Waals surface area contributed by atoms with Crippen LogP contribution in [0.1, 0.15) is 24.8 Å². The summed E-state index contributed by atoms with van der Waals surface area (Å²) in [6.07, 6.45) is 2.93. The first kappa shape index (κ1) is 10.8. The van der Waals surface area contributed by atoms with E-state index in [1.165, 1.54) is 6.07 Å². The minimum absolute atomic E-state index is 0.0129. The molecule has 0 unspecified atom stereocenters. The molecule has 1 atom stereocenters. The molecule has 1 aromatic carbocycles. The van der Waals surface area contributed by atoms with Gasteiger partial charge in [0.1, 0.15) is 5.78 Å². The number of carbonyl (C=O) groups excluding carboxylic acids is 1. The number of nitrogens with zero attached hydrogens (tertiary/aromatic N) is 1. The summed E-state index contributed by atoms with van der Waals surface area (Å²) < 4.78 is 0. The molecule has 0 amide bonds. The van der Waals surface area contributed by atoms with Crippen LogP contribution in [0.5, 0.6) is 0 Å². The molecule has 4 heteroatoms. The van der Waals surface area contributed by atoms with Crippen molar-refractivity contribution in [1.29, 1.82) is 0 Å². The number of hydrogen-bond donors (Lipinski definition) is 0. The van der Waals surface area contributed by atoms with Crippen molar-refractivity contribution in [1.82, 2.24) is 0 Å². The summed E-state index contributed by atoms with van der Waals surface area (Å²) in [5.74, 6) is 0.235. The number of hydrogen-bond acceptors (Lipinski definition) is 3. The summed E-state index contributed by atoms with van der Waals surface area (Å²) in [5.41, 5.74) is 0.801. The maximum Gasteiger partial charge on any atom is 0.272 e. The third-order valence-corrected chi connectivity index (χ3v) is 3.09. The lowest BCUT2D eigenvalue weighted by molar-refractivity contribution is -0.385. The van der Waals surface area contributed by atoms with Crippen LogP contribution in [0.2, 0.25) is 0 Å². The number of benzene rings is 1. The van der Waals surface area contributed by atoms with Crippen molar-refractivity contribution in [3.05, 3.63) is 39.9 Å². The molecule has 0 radical (unpaired) electrons. The van der Waals surface area contributed by atoms with E-state index in [4.69, 9.17) is 0 Å². The van der Waals surface area contributed by atoms with Gasteiger partial charge in [0.15, 0.2) is 0 Å². The van der Waals surface area contributed by atoms with E-state index in [9.17, 15) is 14.9 Å². The second-order valence-electron chi connectivity index (χ2n) is 4.15. The molecule has 1 aromatic rings. The summed E-state index contributed by atoms with van der Waals surface area (Å²) in [4.78, 5) is 21.9. The fourth-order valence-corrected chi connectivity index (χ4v) is 2.23. The van der Waals surface area contributed by atoms with E-state index in [2.05, 4.69) is 0 Å². The largest absolute Gasteiger partial charge is 0.299 e. The number of nitro groups is 1. The Hall–Kier alpha value is -1.71. The molecule has 16 heavy (non-hydrogen) atoms. The molecular weight excluding hydrogens is 206 g/mol. The molecule has 0 spiro atoms. The summed E-state index contributed by atoms with van der Waals surface area (Å²) in [5, 5.41) is 10.8. The van der Waals surface area contributed by atoms with Gasteiger partial charge in [-0.25, -0.2) is 0 Å². The number of carbonyl (C=O) groups is 1. The van der Waals surface area contributed by atoms with E-state index < -0.39 is 0 Å². The highest BCUT2D eigenvalue weighted by Gasteiger charge is 2.26. The Morgan fingerprint density at radius 2 is 2.12 bits per heavy atom. The quantitative estimate of drug-likeness (QED) is 0.579. The highest BCUT2D eigenvalue weighted by atomic mass is 16.6. The van der Waals surface area contributed by atoms with Gasteiger partial charge in [0.05, 0.1) is 4.92 Å². The van der Waals surface area contributed by atoms with Crippen molar-refractivity contribution < 1.29 is 9.72 Å². The van der Waals surface area contributed by atoms with Crippen LogP contribution >= 0.6 is 0 Å². The summed E-state index contributed by atoms with van der Waals surface area (Å²) in [7, 11) is 0. The van der Waals surface area contributed by atoms with Crippen molar-refractivity contribution in [3.63, 3.8) is 0 Å². The smallest absolute Gasteiger partial charge is 0.272 e. The molecule has 84 valence electrons. The Morgan fingerprint density at radius 3 is 2.75 bits per heavy atom. The van der Waals surface area contributed by atoms with E-state index in [-0.39, 0.29) is 22.3 Å². The Labute approximate surface area is 93.4 Å². The molecule has 0 saturated heterocycles. The van der Waals surface area contributed by atoms with Gasteiger partial charge in [-0.2, -0.15) is 0 Å². The van der Waals surface area contributed by atoms with E-state index in [0.717, 1.165) is 12.8 Å². The third kappa shape index (κ3) is 2.10. The van der Waals surface area contributed by atoms with E-state index in [1.807, 2.05) is 0 Å². The maximum atomic E-state index is 11.5. The number of nitro benzene ring substituents is 1. The molecule has 0 heterocycles. The van der Waals surface area contributed by atoms with Crippen LogP contribution in [-0.2, 0) is 11.2 Å². The number of ketones is 1. The van der Waals surface area contributed by atoms with Crippen molar-refractivity contribution >= 4 is 11.5 Å². The highest BCUT2D eigenvalue weighted by Crippen LogP contribution is 2.28. The first-order valence-corrected chi connectivity index (χ1v) is 5.43. The summed E-state index contributed by atoms with van der Waals surface area (Å²) in [6.45, 7) is 0. The molecule has 1 saturated carbocycles. The Bertz CT molecular complexity index is 428. The second kappa shape index (κ2) is 4.43. The SMILES string of the molecule is O=C1CCC[C@H]1Cc1ccccc1[N+](=O)[O-]. The lowest BCUT2D eigenvalue weighted by atomic mass is 9.96. The van der Waals surface area contributed by atoms with E-state index in [0.29, 0.717) is 18.4 Å². The summed E-state index contributed by atoms with van der Waals surface area (Å²) in [6, 6.07) is 6.67. The zero-order valence-corrected chi connectivity index (χ0v) is 8.89. The van der Waals surface area contributed by atoms with Gasteiger partial charge in [-0.3, -0.25) is 14.9 Å². The van der Waals surface area contributed by atoms with Crippen LogP contribution in [0.25, 0.3) is 0 Å². The van der Waals surface area contributed by atoms with E-state index >= 15 is 0 Å². The number of Topliss-reactive ketones (excluding diaryl/α,β-unsaturated/α-hetero) is 1. The molecule has 2 rings (SSSR count). The van der Waals surface area contributed by atoms with Gasteiger partial charge < -0.3 is 0 Å². The highest BCUT2D eigenvalue weighted by molar-refractivity contribution is 5.83. The average Bonchev–Trinajstić information content (AvgIpc) is 2.65. The summed E-state index contributed by atoms with van der Waals surface area (Å²) >= 11 is 0. The maximum absolute atomic E-state index is 11.5. The molecule has 1 aliphatic rings. The average molecular weight is 219 g/mol. The monoisotopic (exact) mass is 219 g/mol. The predicted octanol–water partition coefficient (Wildman–Crippen LogP) is 2.51. The lowest BCUT2D eigenvalue weighted by Crippen LogP contribution is -2.10. The molecule has 1 aliphatic carbocycles. The molecular formula is C12H13NO3. The van der Waals surface area contributed by atoms with Crippen LogP contribution in [0.3, 0.4) is 0 Å². The molecule has 0 N–H and O–H groups in total. The van der Waals surface area contributed by atoms with E-state index in [1.54, 1.807) is 18.2 Å². The van der Waals surface area contributed by atoms with Gasteiger partial charge in [-0.05, 0) is 19.3 Å². The second-order valence-corrected chi connectivity index (χ2v) is 4.15. The first-order valence-electron chi connectivity index (χ1n) is 5.43. The molecule has 4 nitrogen and oxygen atoms in total. The van der Waals surface area contributed by atoms with Crippen LogP contribution in [-0.4, -0.2) is 10.7 Å². The van der Waals surface area contributed by atoms with Crippen LogP contribution in [0.4, 0.5) is 5.69 Å². The molecule has 0 aromatic heterocycles. The standard InChI is InChI=1S/C12H13NO3/c14-12-7-3-5-10(12)8-9-4-1-2-6-11(9)13(15)16/h1-2,4,6,10H,3,5,7-8H2/t10-/m0/s1. The number of rotatable bonds is 3. The Kier molecular flexibility index (Phi) is 2.99. The zero-order chi connectivity index (χ0) is 11.5. The van der Waals surface area contributed by atoms with Crippen molar-refractivity contribution in [2.45, 2.75) is 25.7 Å². The van der Waals surface area contributed by atoms with Crippen molar-refractivity contribution in [2.24, 2.45) is 5.92 Å². The third-order valence-electron chi connectivity index (χ3n) is 3.09. The molecule has 0 aliphatic heterocycles. The fourth-order valence-electron chi connectivity index (χ4n) is 2.23. The van der Waals surface area contributed by atoms with Gasteiger partial charge in [0.25, 0.3) is 5.69 Å². The van der Waals surface area contributed by atoms with Crippen LogP contribution in [0.15, 0.2) is 24.3 Å².